The minimum absolute atomic E-state index is 0.0338. The molecule has 2 bridgehead atoms. The van der Waals surface area contributed by atoms with E-state index in [1.165, 1.54) is 11.3 Å². The summed E-state index contributed by atoms with van der Waals surface area (Å²) >= 11 is 0. The molecule has 3 fully saturated rings. The van der Waals surface area contributed by atoms with Crippen molar-refractivity contribution in [2.24, 2.45) is 35.5 Å². The fraction of sp³-hybridized carbons (Fsp3) is 0.333. The lowest BCUT2D eigenvalue weighted by Gasteiger charge is -2.37. The molecule has 2 saturated carbocycles. The topological polar surface area (TPSA) is 55.8 Å². The first-order valence-electron chi connectivity index (χ1n) is 10.1. The maximum Gasteiger partial charge on any atom is 0.238 e. The summed E-state index contributed by atoms with van der Waals surface area (Å²) in [5, 5.41) is 0. The number of imide groups is 1. The maximum absolute atomic E-state index is 13.2. The molecular weight excluding hydrogens is 366 g/mol. The number of nitrogens with zero attached hydrogens (tertiary/aromatic N) is 1. The fourth-order valence-electron chi connectivity index (χ4n) is 5.65. The average molecular weight is 387 g/mol. The number of allylic oxidation sites excluding steroid dienone is 2. The van der Waals surface area contributed by atoms with E-state index in [4.69, 9.17) is 9.47 Å². The van der Waals surface area contributed by atoms with Crippen molar-refractivity contribution in [2.45, 2.75) is 6.42 Å². The van der Waals surface area contributed by atoms with E-state index in [0.29, 0.717) is 29.0 Å². The van der Waals surface area contributed by atoms with Crippen LogP contribution < -0.4 is 14.4 Å². The lowest BCUT2D eigenvalue weighted by atomic mass is 9.63. The second kappa shape index (κ2) is 5.96. The molecule has 7 rings (SSSR count). The zero-order chi connectivity index (χ0) is 19.7. The van der Waals surface area contributed by atoms with Crippen LogP contribution in [0.3, 0.4) is 0 Å². The van der Waals surface area contributed by atoms with E-state index in [1.54, 1.807) is 31.4 Å². The van der Waals surface area contributed by atoms with E-state index in [0.717, 1.165) is 5.75 Å². The first kappa shape index (κ1) is 16.8. The third kappa shape index (κ3) is 2.40. The van der Waals surface area contributed by atoms with Crippen LogP contribution >= 0.6 is 0 Å². The Labute approximate surface area is 168 Å². The molecule has 5 heteroatoms. The molecule has 29 heavy (non-hydrogen) atoms. The van der Waals surface area contributed by atoms with E-state index in [-0.39, 0.29) is 35.5 Å². The first-order chi connectivity index (χ1) is 14.2. The van der Waals surface area contributed by atoms with Gasteiger partial charge < -0.3 is 9.47 Å². The molecule has 0 radical (unpaired) electrons. The molecule has 5 nitrogen and oxygen atoms in total. The predicted octanol–water partition coefficient (Wildman–Crippen LogP) is 4.05. The molecule has 2 aromatic rings. The minimum atomic E-state index is -0.170. The zero-order valence-corrected chi connectivity index (χ0v) is 16.0. The second-order valence-electron chi connectivity index (χ2n) is 8.44. The van der Waals surface area contributed by atoms with Crippen LogP contribution in [0.2, 0.25) is 0 Å². The normalized spacial score (nSPS) is 33.5. The largest absolute Gasteiger partial charge is 0.497 e. The predicted molar refractivity (Wildman–Crippen MR) is 107 cm³/mol. The standard InChI is InChI=1S/C24H21NO4/c1-28-14-6-8-16(9-7-14)29-15-4-2-13(3-5-15)25-23(26)21-17-10-11-18(20-12-19(17)20)22(21)24(25)27/h2-11,17-22H,12H2,1H3/t17-,18-,19-,20-,21-,22+/m1/s1. The lowest BCUT2D eigenvalue weighted by molar-refractivity contribution is -0.124. The fourth-order valence-corrected chi connectivity index (χ4v) is 5.65. The second-order valence-corrected chi connectivity index (χ2v) is 8.44. The van der Waals surface area contributed by atoms with Gasteiger partial charge in [0.05, 0.1) is 24.6 Å². The Bertz CT molecular complexity index is 990. The summed E-state index contributed by atoms with van der Waals surface area (Å²) in [6, 6.07) is 14.5. The quantitative estimate of drug-likeness (QED) is 0.587. The summed E-state index contributed by atoms with van der Waals surface area (Å²) < 4.78 is 11.0. The molecule has 146 valence electrons. The Hall–Kier alpha value is -3.08. The number of rotatable bonds is 4. The molecule has 6 atom stereocenters. The van der Waals surface area contributed by atoms with E-state index in [1.807, 2.05) is 24.3 Å². The van der Waals surface area contributed by atoms with Crippen LogP contribution in [-0.4, -0.2) is 18.9 Å². The van der Waals surface area contributed by atoms with Gasteiger partial charge in [0.25, 0.3) is 0 Å². The van der Waals surface area contributed by atoms with E-state index in [2.05, 4.69) is 12.2 Å². The number of benzene rings is 2. The zero-order valence-electron chi connectivity index (χ0n) is 16.0. The van der Waals surface area contributed by atoms with E-state index >= 15 is 0 Å². The van der Waals surface area contributed by atoms with Crippen molar-refractivity contribution in [1.29, 1.82) is 0 Å². The molecule has 0 unspecified atom stereocenters. The van der Waals surface area contributed by atoms with Crippen LogP contribution in [0.1, 0.15) is 6.42 Å². The Morgan fingerprint density at radius 1 is 0.759 bits per heavy atom. The molecule has 1 heterocycles. The number of hydrogen-bond donors (Lipinski definition) is 0. The van der Waals surface area contributed by atoms with Crippen molar-refractivity contribution >= 4 is 17.5 Å². The number of ether oxygens (including phenoxy) is 2. The van der Waals surface area contributed by atoms with Gasteiger partial charge in [0.2, 0.25) is 11.8 Å². The van der Waals surface area contributed by atoms with Crippen molar-refractivity contribution in [2.75, 3.05) is 12.0 Å². The Morgan fingerprint density at radius 3 is 1.76 bits per heavy atom. The first-order valence-corrected chi connectivity index (χ1v) is 10.1. The van der Waals surface area contributed by atoms with Crippen molar-refractivity contribution in [3.8, 4) is 17.2 Å². The summed E-state index contributed by atoms with van der Waals surface area (Å²) in [5.74, 6) is 3.42. The molecule has 5 aliphatic rings. The van der Waals surface area contributed by atoms with E-state index < -0.39 is 0 Å². The maximum atomic E-state index is 13.2. The minimum Gasteiger partial charge on any atom is -0.497 e. The molecule has 1 aliphatic heterocycles. The SMILES string of the molecule is COc1ccc(Oc2ccc(N3C(=O)[C@@H]4[C@@H]5C=C[C@H]([C@H]6C[C@H]56)[C@@H]4C3=O)cc2)cc1. The number of hydrogen-bond acceptors (Lipinski definition) is 4. The van der Waals surface area contributed by atoms with Crippen LogP contribution in [0.4, 0.5) is 5.69 Å². The molecular formula is C24H21NO4. The summed E-state index contributed by atoms with van der Waals surface area (Å²) in [6.45, 7) is 0. The highest BCUT2D eigenvalue weighted by molar-refractivity contribution is 6.22. The molecule has 4 aliphatic carbocycles. The van der Waals surface area contributed by atoms with Gasteiger partial charge in [-0.1, -0.05) is 12.2 Å². The van der Waals surface area contributed by atoms with Gasteiger partial charge in [-0.05, 0) is 78.6 Å². The highest BCUT2D eigenvalue weighted by atomic mass is 16.5. The van der Waals surface area contributed by atoms with Crippen molar-refractivity contribution < 1.29 is 19.1 Å². The van der Waals surface area contributed by atoms with Crippen LogP contribution in [0.5, 0.6) is 17.2 Å². The smallest absolute Gasteiger partial charge is 0.238 e. The van der Waals surface area contributed by atoms with Gasteiger partial charge in [-0.15, -0.1) is 0 Å². The lowest BCUT2D eigenvalue weighted by Crippen LogP contribution is -2.40. The Morgan fingerprint density at radius 2 is 1.24 bits per heavy atom. The molecule has 2 aromatic carbocycles. The summed E-state index contributed by atoms with van der Waals surface area (Å²) in [7, 11) is 1.62. The summed E-state index contributed by atoms with van der Waals surface area (Å²) in [4.78, 5) is 27.7. The van der Waals surface area contributed by atoms with Gasteiger partial charge in [-0.2, -0.15) is 0 Å². The highest BCUT2D eigenvalue weighted by Gasteiger charge is 2.67. The van der Waals surface area contributed by atoms with E-state index in [9.17, 15) is 9.59 Å². The summed E-state index contributed by atoms with van der Waals surface area (Å²) in [5.41, 5.74) is 0.629. The van der Waals surface area contributed by atoms with Gasteiger partial charge in [-0.25, -0.2) is 0 Å². The number of amides is 2. The number of carbonyl (C=O) groups is 2. The van der Waals surface area contributed by atoms with Crippen LogP contribution in [-0.2, 0) is 9.59 Å². The van der Waals surface area contributed by atoms with Crippen molar-refractivity contribution in [3.63, 3.8) is 0 Å². The van der Waals surface area contributed by atoms with Gasteiger partial charge >= 0.3 is 0 Å². The highest BCUT2D eigenvalue weighted by Crippen LogP contribution is 2.65. The molecule has 1 saturated heterocycles. The number of carbonyl (C=O) groups excluding carboxylic acids is 2. The van der Waals surface area contributed by atoms with Gasteiger partial charge in [0, 0.05) is 0 Å². The van der Waals surface area contributed by atoms with Crippen LogP contribution in [0.25, 0.3) is 0 Å². The molecule has 0 N–H and O–H groups in total. The van der Waals surface area contributed by atoms with Gasteiger partial charge in [0.1, 0.15) is 17.2 Å². The third-order valence-electron chi connectivity index (χ3n) is 7.05. The molecule has 0 aromatic heterocycles. The van der Waals surface area contributed by atoms with Crippen molar-refractivity contribution in [3.05, 3.63) is 60.7 Å². The van der Waals surface area contributed by atoms with Gasteiger partial charge in [0.15, 0.2) is 0 Å². The molecule has 0 spiro atoms. The molecule has 2 amide bonds. The van der Waals surface area contributed by atoms with Crippen molar-refractivity contribution in [1.82, 2.24) is 0 Å². The monoisotopic (exact) mass is 387 g/mol. The number of anilines is 1. The number of methoxy groups -OCH3 is 1. The third-order valence-corrected chi connectivity index (χ3v) is 7.05. The van der Waals surface area contributed by atoms with Crippen LogP contribution in [0.15, 0.2) is 60.7 Å². The Kier molecular flexibility index (Phi) is 3.46. The summed E-state index contributed by atoms with van der Waals surface area (Å²) in [6.07, 6.45) is 5.56. The average Bonchev–Trinajstić information content (AvgIpc) is 3.53. The Balaban J connectivity index is 1.23. The van der Waals surface area contributed by atoms with Gasteiger partial charge in [-0.3, -0.25) is 14.5 Å². The van der Waals surface area contributed by atoms with Crippen LogP contribution in [0, 0.1) is 35.5 Å².